The van der Waals surface area contributed by atoms with Crippen LogP contribution in [0, 0.1) is 6.92 Å². The Balaban J connectivity index is 2.24. The van der Waals surface area contributed by atoms with Crippen molar-refractivity contribution in [3.05, 3.63) is 21.4 Å². The molecule has 0 aromatic carbocycles. The van der Waals surface area contributed by atoms with Crippen molar-refractivity contribution in [1.29, 1.82) is 0 Å². The first-order chi connectivity index (χ1) is 5.81. The van der Waals surface area contributed by atoms with Gasteiger partial charge in [0.05, 0.1) is 0 Å². The van der Waals surface area contributed by atoms with Crippen LogP contribution >= 0.6 is 11.3 Å². The fraction of sp³-hybridized carbons (Fsp3) is 0.600. The first kappa shape index (κ1) is 8.27. The minimum atomic E-state index is 0.718. The zero-order valence-electron chi connectivity index (χ0n) is 7.68. The Labute approximate surface area is 77.8 Å². The van der Waals surface area contributed by atoms with Gasteiger partial charge in [0.1, 0.15) is 0 Å². The molecule has 2 heteroatoms. The molecular formula is C10H15NS. The van der Waals surface area contributed by atoms with E-state index in [1.165, 1.54) is 24.8 Å². The Morgan fingerprint density at radius 2 is 2.42 bits per heavy atom. The molecule has 1 N–H and O–H groups in total. The zero-order chi connectivity index (χ0) is 8.55. The van der Waals surface area contributed by atoms with Crippen molar-refractivity contribution in [3.63, 3.8) is 0 Å². The van der Waals surface area contributed by atoms with Gasteiger partial charge in [-0.1, -0.05) is 0 Å². The second-order valence-electron chi connectivity index (χ2n) is 3.55. The molecule has 1 aliphatic carbocycles. The summed E-state index contributed by atoms with van der Waals surface area (Å²) < 4.78 is 0. The Morgan fingerprint density at radius 3 is 3.17 bits per heavy atom. The van der Waals surface area contributed by atoms with Crippen LogP contribution in [0.15, 0.2) is 5.38 Å². The Hall–Kier alpha value is -0.340. The van der Waals surface area contributed by atoms with Crippen molar-refractivity contribution >= 4 is 11.3 Å². The lowest BCUT2D eigenvalue weighted by Gasteiger charge is -2.21. The summed E-state index contributed by atoms with van der Waals surface area (Å²) in [4.78, 5) is 1.61. The van der Waals surface area contributed by atoms with Gasteiger partial charge in [0.2, 0.25) is 0 Å². The van der Waals surface area contributed by atoms with E-state index >= 15 is 0 Å². The Morgan fingerprint density at radius 1 is 1.58 bits per heavy atom. The van der Waals surface area contributed by atoms with E-state index in [-0.39, 0.29) is 0 Å². The van der Waals surface area contributed by atoms with Crippen LogP contribution < -0.4 is 5.32 Å². The molecule has 1 atom stereocenters. The van der Waals surface area contributed by atoms with Gasteiger partial charge in [0.25, 0.3) is 0 Å². The zero-order valence-corrected chi connectivity index (χ0v) is 8.50. The number of hydrogen-bond donors (Lipinski definition) is 1. The summed E-state index contributed by atoms with van der Waals surface area (Å²) in [6.07, 6.45) is 3.82. The molecule has 2 rings (SSSR count). The molecule has 0 radical (unpaired) electrons. The molecular weight excluding hydrogens is 166 g/mol. The standard InChI is InChI=1S/C10H15NS/c1-7-6-12-10-5-8(11-2)3-4-9(7)10/h6,8,11H,3-5H2,1-2H3. The van der Waals surface area contributed by atoms with Gasteiger partial charge >= 0.3 is 0 Å². The van der Waals surface area contributed by atoms with Gasteiger partial charge in [-0.3, -0.25) is 0 Å². The first-order valence-electron chi connectivity index (χ1n) is 4.54. The van der Waals surface area contributed by atoms with Gasteiger partial charge < -0.3 is 5.32 Å². The third kappa shape index (κ3) is 1.29. The predicted octanol–water partition coefficient (Wildman–Crippen LogP) is 2.13. The highest BCUT2D eigenvalue weighted by Gasteiger charge is 2.19. The molecule has 66 valence electrons. The van der Waals surface area contributed by atoms with Crippen molar-refractivity contribution in [1.82, 2.24) is 5.32 Å². The minimum Gasteiger partial charge on any atom is -0.317 e. The minimum absolute atomic E-state index is 0.718. The molecule has 0 saturated carbocycles. The third-order valence-electron chi connectivity index (χ3n) is 2.77. The predicted molar refractivity (Wildman–Crippen MR) is 53.9 cm³/mol. The molecule has 12 heavy (non-hydrogen) atoms. The third-order valence-corrected chi connectivity index (χ3v) is 3.94. The van der Waals surface area contributed by atoms with E-state index in [1.54, 1.807) is 10.4 Å². The van der Waals surface area contributed by atoms with Crippen molar-refractivity contribution < 1.29 is 0 Å². The number of likely N-dealkylation sites (N-methyl/N-ethyl adjacent to an activating group) is 1. The molecule has 1 unspecified atom stereocenters. The van der Waals surface area contributed by atoms with Crippen LogP contribution in [0.5, 0.6) is 0 Å². The highest BCUT2D eigenvalue weighted by atomic mass is 32.1. The smallest absolute Gasteiger partial charge is 0.0116 e. The Bertz CT molecular complexity index is 277. The average Bonchev–Trinajstić information content (AvgIpc) is 2.47. The first-order valence-corrected chi connectivity index (χ1v) is 5.42. The number of rotatable bonds is 1. The van der Waals surface area contributed by atoms with Crippen molar-refractivity contribution in [2.24, 2.45) is 0 Å². The summed E-state index contributed by atoms with van der Waals surface area (Å²) in [5.41, 5.74) is 3.14. The topological polar surface area (TPSA) is 12.0 Å². The number of hydrogen-bond acceptors (Lipinski definition) is 2. The number of nitrogens with one attached hydrogen (secondary N) is 1. The van der Waals surface area contributed by atoms with Gasteiger partial charge in [0.15, 0.2) is 0 Å². The van der Waals surface area contributed by atoms with Gasteiger partial charge in [-0.25, -0.2) is 0 Å². The van der Waals surface area contributed by atoms with E-state index in [4.69, 9.17) is 0 Å². The summed E-state index contributed by atoms with van der Waals surface area (Å²) in [5.74, 6) is 0. The van der Waals surface area contributed by atoms with E-state index in [0.29, 0.717) is 0 Å². The Kier molecular flexibility index (Phi) is 2.20. The lowest BCUT2D eigenvalue weighted by Crippen LogP contribution is -2.30. The molecule has 0 bridgehead atoms. The summed E-state index contributed by atoms with van der Waals surface area (Å²) in [5, 5.41) is 5.66. The lowest BCUT2D eigenvalue weighted by atomic mass is 9.93. The number of fused-ring (bicyclic) bond motifs is 1. The molecule has 1 aliphatic rings. The summed E-state index contributed by atoms with van der Waals surface area (Å²) >= 11 is 1.93. The number of aryl methyl sites for hydroxylation is 1. The fourth-order valence-electron chi connectivity index (χ4n) is 1.92. The molecule has 0 amide bonds. The molecule has 1 aromatic heterocycles. The molecule has 1 nitrogen and oxygen atoms in total. The van der Waals surface area contributed by atoms with Gasteiger partial charge in [-0.05, 0) is 49.7 Å². The molecule has 0 fully saturated rings. The summed E-state index contributed by atoms with van der Waals surface area (Å²) in [7, 11) is 2.07. The molecule has 1 heterocycles. The molecule has 0 spiro atoms. The molecule has 0 saturated heterocycles. The second-order valence-corrected chi connectivity index (χ2v) is 4.51. The average molecular weight is 181 g/mol. The SMILES string of the molecule is CNC1CCc2c(C)csc2C1. The summed E-state index contributed by atoms with van der Waals surface area (Å²) in [6, 6.07) is 0.718. The van der Waals surface area contributed by atoms with E-state index in [2.05, 4.69) is 24.7 Å². The monoisotopic (exact) mass is 181 g/mol. The number of thiophene rings is 1. The van der Waals surface area contributed by atoms with Crippen LogP contribution in [-0.4, -0.2) is 13.1 Å². The van der Waals surface area contributed by atoms with E-state index in [0.717, 1.165) is 6.04 Å². The van der Waals surface area contributed by atoms with Crippen LogP contribution in [0.25, 0.3) is 0 Å². The quantitative estimate of drug-likeness (QED) is 0.700. The molecule has 0 aliphatic heterocycles. The molecule has 1 aromatic rings. The van der Waals surface area contributed by atoms with Crippen LogP contribution in [-0.2, 0) is 12.8 Å². The fourth-order valence-corrected chi connectivity index (χ4v) is 3.08. The van der Waals surface area contributed by atoms with Crippen molar-refractivity contribution in [3.8, 4) is 0 Å². The largest absolute Gasteiger partial charge is 0.317 e. The van der Waals surface area contributed by atoms with Gasteiger partial charge in [0, 0.05) is 10.9 Å². The van der Waals surface area contributed by atoms with E-state index in [9.17, 15) is 0 Å². The summed E-state index contributed by atoms with van der Waals surface area (Å²) in [6.45, 7) is 2.23. The van der Waals surface area contributed by atoms with E-state index < -0.39 is 0 Å². The highest BCUT2D eigenvalue weighted by molar-refractivity contribution is 7.10. The van der Waals surface area contributed by atoms with Crippen LogP contribution in [0.2, 0.25) is 0 Å². The second kappa shape index (κ2) is 3.19. The lowest BCUT2D eigenvalue weighted by molar-refractivity contribution is 0.501. The van der Waals surface area contributed by atoms with Crippen molar-refractivity contribution in [2.45, 2.75) is 32.2 Å². The van der Waals surface area contributed by atoms with Crippen LogP contribution in [0.3, 0.4) is 0 Å². The normalized spacial score (nSPS) is 22.3. The maximum atomic E-state index is 3.36. The van der Waals surface area contributed by atoms with Gasteiger partial charge in [-0.2, -0.15) is 0 Å². The highest BCUT2D eigenvalue weighted by Crippen LogP contribution is 2.29. The van der Waals surface area contributed by atoms with E-state index in [1.807, 2.05) is 11.3 Å². The van der Waals surface area contributed by atoms with Crippen LogP contribution in [0.4, 0.5) is 0 Å². The van der Waals surface area contributed by atoms with Crippen molar-refractivity contribution in [2.75, 3.05) is 7.05 Å². The van der Waals surface area contributed by atoms with Crippen LogP contribution in [0.1, 0.15) is 22.4 Å². The maximum Gasteiger partial charge on any atom is 0.0116 e. The maximum absolute atomic E-state index is 3.36. The van der Waals surface area contributed by atoms with Gasteiger partial charge in [-0.15, -0.1) is 11.3 Å².